The average molecular weight is 193 g/mol. The minimum atomic E-state index is 0.0789. The highest BCUT2D eigenvalue weighted by molar-refractivity contribution is 5.41. The summed E-state index contributed by atoms with van der Waals surface area (Å²) in [5.74, 6) is 0.958. The van der Waals surface area contributed by atoms with Gasteiger partial charge in [-0.2, -0.15) is 0 Å². The Bertz CT molecular complexity index is 318. The summed E-state index contributed by atoms with van der Waals surface area (Å²) < 4.78 is 5.63. The molecular weight excluding hydrogens is 174 g/mol. The minimum Gasteiger partial charge on any atom is -0.492 e. The van der Waals surface area contributed by atoms with Gasteiger partial charge in [0.2, 0.25) is 0 Å². The fourth-order valence-electron chi connectivity index (χ4n) is 1.37. The lowest BCUT2D eigenvalue weighted by Gasteiger charge is -2.13. The van der Waals surface area contributed by atoms with Crippen molar-refractivity contribution in [3.63, 3.8) is 0 Å². The van der Waals surface area contributed by atoms with Crippen LogP contribution in [0.25, 0.3) is 0 Å². The fraction of sp³-hybridized carbons (Fsp3) is 0.500. The van der Waals surface area contributed by atoms with E-state index in [2.05, 4.69) is 32.9 Å². The molecule has 14 heavy (non-hydrogen) atoms. The van der Waals surface area contributed by atoms with Crippen molar-refractivity contribution in [1.82, 2.24) is 0 Å². The molecule has 1 rings (SSSR count). The van der Waals surface area contributed by atoms with Crippen molar-refractivity contribution in [2.75, 3.05) is 6.61 Å². The van der Waals surface area contributed by atoms with Crippen LogP contribution in [0.1, 0.15) is 23.6 Å². The van der Waals surface area contributed by atoms with E-state index in [1.807, 2.05) is 6.92 Å². The Hall–Kier alpha value is -1.02. The van der Waals surface area contributed by atoms with Crippen molar-refractivity contribution in [3.8, 4) is 5.75 Å². The molecule has 0 radical (unpaired) electrons. The summed E-state index contributed by atoms with van der Waals surface area (Å²) in [7, 11) is 0. The third kappa shape index (κ3) is 2.74. The van der Waals surface area contributed by atoms with Gasteiger partial charge in [-0.05, 0) is 50.5 Å². The zero-order valence-corrected chi connectivity index (χ0v) is 9.42. The second-order valence-electron chi connectivity index (χ2n) is 3.99. The fourth-order valence-corrected chi connectivity index (χ4v) is 1.37. The lowest BCUT2D eigenvalue weighted by Crippen LogP contribution is -2.23. The standard InChI is InChI=1S/C12H19NO/c1-8-5-9(2)11(4)12(6-8)14-7-10(3)13/h5-6,10H,7,13H2,1-4H3/t10-/m1/s1. The second kappa shape index (κ2) is 4.47. The quantitative estimate of drug-likeness (QED) is 0.799. The average Bonchev–Trinajstić information content (AvgIpc) is 2.08. The van der Waals surface area contributed by atoms with E-state index in [-0.39, 0.29) is 6.04 Å². The molecule has 1 aromatic carbocycles. The Labute approximate surface area is 86.1 Å². The van der Waals surface area contributed by atoms with E-state index in [0.717, 1.165) is 5.75 Å². The molecule has 0 aliphatic heterocycles. The van der Waals surface area contributed by atoms with Crippen LogP contribution in [0.2, 0.25) is 0 Å². The number of ether oxygens (including phenoxy) is 1. The summed E-state index contributed by atoms with van der Waals surface area (Å²) in [5.41, 5.74) is 9.34. The number of hydrogen-bond donors (Lipinski definition) is 1. The predicted octanol–water partition coefficient (Wildman–Crippen LogP) is 2.34. The Morgan fingerprint density at radius 2 is 1.93 bits per heavy atom. The van der Waals surface area contributed by atoms with Gasteiger partial charge in [0, 0.05) is 6.04 Å². The van der Waals surface area contributed by atoms with Crippen LogP contribution in [0, 0.1) is 20.8 Å². The monoisotopic (exact) mass is 193 g/mol. The molecule has 2 nitrogen and oxygen atoms in total. The highest BCUT2D eigenvalue weighted by Crippen LogP contribution is 2.23. The molecule has 1 atom stereocenters. The lowest BCUT2D eigenvalue weighted by atomic mass is 10.1. The molecule has 2 heteroatoms. The first-order valence-corrected chi connectivity index (χ1v) is 4.97. The largest absolute Gasteiger partial charge is 0.492 e. The number of rotatable bonds is 3. The van der Waals surface area contributed by atoms with Crippen LogP contribution in [0.4, 0.5) is 0 Å². The SMILES string of the molecule is Cc1cc(C)c(C)c(OC[C@@H](C)N)c1. The van der Waals surface area contributed by atoms with Crippen molar-refractivity contribution < 1.29 is 4.74 Å². The summed E-state index contributed by atoms with van der Waals surface area (Å²) in [6.45, 7) is 8.76. The predicted molar refractivity (Wildman–Crippen MR) is 59.8 cm³/mol. The van der Waals surface area contributed by atoms with Crippen LogP contribution in [-0.4, -0.2) is 12.6 Å². The van der Waals surface area contributed by atoms with Gasteiger partial charge in [-0.1, -0.05) is 6.07 Å². The van der Waals surface area contributed by atoms with E-state index in [9.17, 15) is 0 Å². The highest BCUT2D eigenvalue weighted by atomic mass is 16.5. The highest BCUT2D eigenvalue weighted by Gasteiger charge is 2.04. The summed E-state index contributed by atoms with van der Waals surface area (Å²) in [5, 5.41) is 0. The van der Waals surface area contributed by atoms with Crippen LogP contribution >= 0.6 is 0 Å². The maximum absolute atomic E-state index is 5.64. The van der Waals surface area contributed by atoms with E-state index in [1.165, 1.54) is 16.7 Å². The second-order valence-corrected chi connectivity index (χ2v) is 3.99. The smallest absolute Gasteiger partial charge is 0.122 e. The maximum atomic E-state index is 5.64. The summed E-state index contributed by atoms with van der Waals surface area (Å²) >= 11 is 0. The molecule has 0 unspecified atom stereocenters. The zero-order chi connectivity index (χ0) is 10.7. The van der Waals surface area contributed by atoms with Crippen molar-refractivity contribution in [1.29, 1.82) is 0 Å². The van der Waals surface area contributed by atoms with Crippen molar-refractivity contribution in [2.45, 2.75) is 33.7 Å². The summed E-state index contributed by atoms with van der Waals surface area (Å²) in [6.07, 6.45) is 0. The molecule has 0 aliphatic rings. The molecule has 0 saturated heterocycles. The Balaban J connectivity index is 2.85. The minimum absolute atomic E-state index is 0.0789. The Morgan fingerprint density at radius 1 is 1.29 bits per heavy atom. The van der Waals surface area contributed by atoms with Crippen LogP contribution in [0.3, 0.4) is 0 Å². The van der Waals surface area contributed by atoms with E-state index >= 15 is 0 Å². The van der Waals surface area contributed by atoms with Gasteiger partial charge < -0.3 is 10.5 Å². The third-order valence-corrected chi connectivity index (χ3v) is 2.27. The molecule has 0 amide bonds. The molecule has 0 aliphatic carbocycles. The van der Waals surface area contributed by atoms with E-state index in [1.54, 1.807) is 0 Å². The number of benzene rings is 1. The molecule has 0 aromatic heterocycles. The molecule has 0 bridgehead atoms. The Morgan fingerprint density at radius 3 is 2.50 bits per heavy atom. The molecule has 0 spiro atoms. The van der Waals surface area contributed by atoms with Crippen molar-refractivity contribution in [2.24, 2.45) is 5.73 Å². The first-order valence-electron chi connectivity index (χ1n) is 4.97. The summed E-state index contributed by atoms with van der Waals surface area (Å²) in [4.78, 5) is 0. The topological polar surface area (TPSA) is 35.2 Å². The number of nitrogens with two attached hydrogens (primary N) is 1. The van der Waals surface area contributed by atoms with Gasteiger partial charge in [-0.25, -0.2) is 0 Å². The van der Waals surface area contributed by atoms with Gasteiger partial charge in [0.25, 0.3) is 0 Å². The van der Waals surface area contributed by atoms with E-state index < -0.39 is 0 Å². The molecule has 0 heterocycles. The first-order chi connectivity index (χ1) is 6.50. The van der Waals surface area contributed by atoms with Crippen LogP contribution in [-0.2, 0) is 0 Å². The zero-order valence-electron chi connectivity index (χ0n) is 9.42. The van der Waals surface area contributed by atoms with E-state index in [0.29, 0.717) is 6.61 Å². The van der Waals surface area contributed by atoms with Crippen LogP contribution < -0.4 is 10.5 Å². The molecule has 0 saturated carbocycles. The first kappa shape index (κ1) is 11.1. The lowest BCUT2D eigenvalue weighted by molar-refractivity contribution is 0.294. The molecular formula is C12H19NO. The van der Waals surface area contributed by atoms with Crippen LogP contribution in [0.5, 0.6) is 5.75 Å². The van der Waals surface area contributed by atoms with Gasteiger partial charge in [0.1, 0.15) is 12.4 Å². The van der Waals surface area contributed by atoms with Gasteiger partial charge >= 0.3 is 0 Å². The normalized spacial score (nSPS) is 12.6. The molecule has 1 aromatic rings. The van der Waals surface area contributed by atoms with Crippen molar-refractivity contribution in [3.05, 3.63) is 28.8 Å². The van der Waals surface area contributed by atoms with Gasteiger partial charge in [-0.3, -0.25) is 0 Å². The van der Waals surface area contributed by atoms with Gasteiger partial charge in [-0.15, -0.1) is 0 Å². The van der Waals surface area contributed by atoms with Crippen LogP contribution in [0.15, 0.2) is 12.1 Å². The maximum Gasteiger partial charge on any atom is 0.122 e. The summed E-state index contributed by atoms with van der Waals surface area (Å²) in [6, 6.07) is 4.30. The van der Waals surface area contributed by atoms with Gasteiger partial charge in [0.05, 0.1) is 0 Å². The van der Waals surface area contributed by atoms with Gasteiger partial charge in [0.15, 0.2) is 0 Å². The molecule has 2 N–H and O–H groups in total. The number of hydrogen-bond acceptors (Lipinski definition) is 2. The molecule has 0 fully saturated rings. The Kier molecular flexibility index (Phi) is 3.53. The molecule has 78 valence electrons. The van der Waals surface area contributed by atoms with Crippen molar-refractivity contribution >= 4 is 0 Å². The number of aryl methyl sites for hydroxylation is 2. The third-order valence-electron chi connectivity index (χ3n) is 2.27. The van der Waals surface area contributed by atoms with E-state index in [4.69, 9.17) is 10.5 Å².